The van der Waals surface area contributed by atoms with Crippen LogP contribution in [0.2, 0.25) is 10.0 Å². The molecule has 2 rings (SSSR count). The first kappa shape index (κ1) is 21.2. The molecule has 5 nitrogen and oxygen atoms in total. The summed E-state index contributed by atoms with van der Waals surface area (Å²) in [7, 11) is 3.09. The molecule has 1 amide bonds. The molecule has 0 heterocycles. The van der Waals surface area contributed by atoms with Crippen LogP contribution in [-0.2, 0) is 11.3 Å². The number of nitrogens with zero attached hydrogens (tertiary/aromatic N) is 1. The van der Waals surface area contributed by atoms with Gasteiger partial charge in [-0.1, -0.05) is 29.3 Å². The van der Waals surface area contributed by atoms with Gasteiger partial charge in [-0.15, -0.1) is 0 Å². The van der Waals surface area contributed by atoms with Crippen LogP contribution < -0.4 is 14.8 Å². The van der Waals surface area contributed by atoms with E-state index in [1.54, 1.807) is 36.2 Å². The molecular formula is C18H18Cl2F2N2O3. The molecule has 2 aromatic rings. The first-order chi connectivity index (χ1) is 12.8. The van der Waals surface area contributed by atoms with Crippen LogP contribution in [0, 0.1) is 0 Å². The van der Waals surface area contributed by atoms with Crippen molar-refractivity contribution in [3.8, 4) is 11.5 Å². The number of carbonyl (C=O) groups excluding carboxylic acids is 1. The lowest BCUT2D eigenvalue weighted by atomic mass is 10.2. The second-order valence-electron chi connectivity index (χ2n) is 5.71. The van der Waals surface area contributed by atoms with Crippen LogP contribution in [0.15, 0.2) is 36.4 Å². The fourth-order valence-corrected chi connectivity index (χ4v) is 2.74. The van der Waals surface area contributed by atoms with E-state index in [0.717, 1.165) is 0 Å². The van der Waals surface area contributed by atoms with Crippen LogP contribution in [0.1, 0.15) is 5.56 Å². The molecule has 27 heavy (non-hydrogen) atoms. The normalized spacial score (nSPS) is 11.0. The van der Waals surface area contributed by atoms with E-state index in [1.165, 1.54) is 19.2 Å². The van der Waals surface area contributed by atoms with Gasteiger partial charge in [-0.25, -0.2) is 0 Å². The molecule has 2 aromatic carbocycles. The van der Waals surface area contributed by atoms with Gasteiger partial charge in [0.1, 0.15) is 0 Å². The summed E-state index contributed by atoms with van der Waals surface area (Å²) in [6, 6.07) is 9.46. The van der Waals surface area contributed by atoms with Crippen molar-refractivity contribution in [2.24, 2.45) is 0 Å². The number of ether oxygens (including phenoxy) is 2. The van der Waals surface area contributed by atoms with Crippen LogP contribution >= 0.6 is 23.2 Å². The lowest BCUT2D eigenvalue weighted by Gasteiger charge is -2.18. The highest BCUT2D eigenvalue weighted by Crippen LogP contribution is 2.30. The number of rotatable bonds is 8. The number of likely N-dealkylation sites (N-methyl/N-ethyl adjacent to an activating group) is 1. The van der Waals surface area contributed by atoms with Gasteiger partial charge in [0.05, 0.1) is 24.4 Å². The van der Waals surface area contributed by atoms with Crippen LogP contribution in [0.3, 0.4) is 0 Å². The van der Waals surface area contributed by atoms with Gasteiger partial charge in [0.25, 0.3) is 0 Å². The molecule has 0 saturated heterocycles. The summed E-state index contributed by atoms with van der Waals surface area (Å²) in [5.74, 6) is -0.150. The number of carbonyl (C=O) groups is 1. The number of anilines is 1. The molecule has 0 radical (unpaired) electrons. The third kappa shape index (κ3) is 6.53. The highest BCUT2D eigenvalue weighted by Gasteiger charge is 2.14. The van der Waals surface area contributed by atoms with Crippen LogP contribution in [0.4, 0.5) is 14.5 Å². The average Bonchev–Trinajstić information content (AvgIpc) is 2.57. The molecule has 146 valence electrons. The SMILES string of the molecule is COc1ccc(CN(C)CC(=O)Nc2cc(Cl)ccc2Cl)cc1OC(F)F. The summed E-state index contributed by atoms with van der Waals surface area (Å²) in [6.45, 7) is -2.57. The summed E-state index contributed by atoms with van der Waals surface area (Å²) in [5.41, 5.74) is 1.10. The number of hydrogen-bond acceptors (Lipinski definition) is 4. The fraction of sp³-hybridized carbons (Fsp3) is 0.278. The van der Waals surface area contributed by atoms with Gasteiger partial charge >= 0.3 is 6.61 Å². The van der Waals surface area contributed by atoms with Crippen LogP contribution in [0.5, 0.6) is 11.5 Å². The van der Waals surface area contributed by atoms with E-state index in [9.17, 15) is 13.6 Å². The number of amides is 1. The van der Waals surface area contributed by atoms with Crippen molar-refractivity contribution in [2.75, 3.05) is 26.0 Å². The van der Waals surface area contributed by atoms with E-state index >= 15 is 0 Å². The first-order valence-corrected chi connectivity index (χ1v) is 8.59. The zero-order valence-corrected chi connectivity index (χ0v) is 16.2. The second kappa shape index (κ2) is 9.73. The van der Waals surface area contributed by atoms with E-state index in [1.807, 2.05) is 0 Å². The maximum absolute atomic E-state index is 12.5. The Labute approximate surface area is 165 Å². The number of benzene rings is 2. The Morgan fingerprint density at radius 1 is 1.19 bits per heavy atom. The summed E-state index contributed by atoms with van der Waals surface area (Å²) in [4.78, 5) is 13.9. The van der Waals surface area contributed by atoms with Crippen molar-refractivity contribution < 1.29 is 23.0 Å². The number of hydrogen-bond donors (Lipinski definition) is 1. The van der Waals surface area contributed by atoms with Gasteiger partial charge < -0.3 is 14.8 Å². The molecule has 0 spiro atoms. The van der Waals surface area contributed by atoms with Gasteiger partial charge in [-0.3, -0.25) is 9.69 Å². The van der Waals surface area contributed by atoms with Crippen molar-refractivity contribution in [2.45, 2.75) is 13.2 Å². The molecule has 1 N–H and O–H groups in total. The number of nitrogens with one attached hydrogen (secondary N) is 1. The third-order valence-corrected chi connectivity index (χ3v) is 4.08. The van der Waals surface area contributed by atoms with Gasteiger partial charge in [-0.2, -0.15) is 8.78 Å². The zero-order chi connectivity index (χ0) is 20.0. The first-order valence-electron chi connectivity index (χ1n) is 7.83. The lowest BCUT2D eigenvalue weighted by molar-refractivity contribution is -0.117. The summed E-state index contributed by atoms with van der Waals surface area (Å²) >= 11 is 11.9. The molecule has 0 fully saturated rings. The van der Waals surface area contributed by atoms with E-state index in [2.05, 4.69) is 10.1 Å². The van der Waals surface area contributed by atoms with Crippen molar-refractivity contribution in [3.05, 3.63) is 52.0 Å². The minimum absolute atomic E-state index is 0.0555. The molecule has 0 atom stereocenters. The van der Waals surface area contributed by atoms with Crippen LogP contribution in [0.25, 0.3) is 0 Å². The predicted octanol–water partition coefficient (Wildman–Crippen LogP) is 4.67. The molecule has 0 aliphatic rings. The number of methoxy groups -OCH3 is 1. The van der Waals surface area contributed by atoms with E-state index < -0.39 is 6.61 Å². The molecule has 0 aliphatic heterocycles. The van der Waals surface area contributed by atoms with Crippen molar-refractivity contribution in [3.63, 3.8) is 0 Å². The van der Waals surface area contributed by atoms with E-state index in [-0.39, 0.29) is 24.0 Å². The van der Waals surface area contributed by atoms with Crippen molar-refractivity contribution in [1.82, 2.24) is 4.90 Å². The van der Waals surface area contributed by atoms with Gasteiger partial charge in [0, 0.05) is 11.6 Å². The number of halogens is 4. The Bertz CT molecular complexity index is 806. The largest absolute Gasteiger partial charge is 0.493 e. The molecule has 0 aliphatic carbocycles. The Morgan fingerprint density at radius 3 is 2.59 bits per heavy atom. The quantitative estimate of drug-likeness (QED) is 0.676. The minimum Gasteiger partial charge on any atom is -0.493 e. The smallest absolute Gasteiger partial charge is 0.387 e. The Kier molecular flexibility index (Phi) is 7.65. The second-order valence-corrected chi connectivity index (χ2v) is 6.55. The molecule has 0 aromatic heterocycles. The zero-order valence-electron chi connectivity index (χ0n) is 14.6. The highest BCUT2D eigenvalue weighted by atomic mass is 35.5. The minimum atomic E-state index is -2.96. The molecule has 0 unspecified atom stereocenters. The summed E-state index contributed by atoms with van der Waals surface area (Å²) in [5, 5.41) is 3.51. The molecular weight excluding hydrogens is 401 g/mol. The Morgan fingerprint density at radius 2 is 1.93 bits per heavy atom. The fourth-order valence-electron chi connectivity index (χ4n) is 2.40. The monoisotopic (exact) mass is 418 g/mol. The van der Waals surface area contributed by atoms with Crippen molar-refractivity contribution >= 4 is 34.8 Å². The van der Waals surface area contributed by atoms with E-state index in [0.29, 0.717) is 27.8 Å². The molecule has 9 heteroatoms. The predicted molar refractivity (Wildman–Crippen MR) is 101 cm³/mol. The maximum Gasteiger partial charge on any atom is 0.387 e. The summed E-state index contributed by atoms with van der Waals surface area (Å²) in [6.07, 6.45) is 0. The topological polar surface area (TPSA) is 50.8 Å². The highest BCUT2D eigenvalue weighted by molar-refractivity contribution is 6.35. The average molecular weight is 419 g/mol. The van der Waals surface area contributed by atoms with Gasteiger partial charge in [0.2, 0.25) is 5.91 Å². The van der Waals surface area contributed by atoms with Gasteiger partial charge in [0.15, 0.2) is 11.5 Å². The van der Waals surface area contributed by atoms with Gasteiger partial charge in [-0.05, 0) is 42.9 Å². The number of alkyl halides is 2. The van der Waals surface area contributed by atoms with Crippen LogP contribution in [-0.4, -0.2) is 38.1 Å². The Hall–Kier alpha value is -2.09. The lowest BCUT2D eigenvalue weighted by Crippen LogP contribution is -2.29. The molecule has 0 saturated carbocycles. The van der Waals surface area contributed by atoms with Crippen molar-refractivity contribution in [1.29, 1.82) is 0 Å². The standard InChI is InChI=1S/C18H18Cl2F2N2O3/c1-24(10-17(25)23-14-8-12(19)4-5-13(14)20)9-11-3-6-15(26-2)16(7-11)27-18(21)22/h3-8,18H,9-10H2,1-2H3,(H,23,25). The maximum atomic E-state index is 12.5. The van der Waals surface area contributed by atoms with E-state index in [4.69, 9.17) is 27.9 Å². The molecule has 0 bridgehead atoms. The summed E-state index contributed by atoms with van der Waals surface area (Å²) < 4.78 is 34.5. The third-order valence-electron chi connectivity index (χ3n) is 3.51. The Balaban J connectivity index is 1.99.